The third kappa shape index (κ3) is 5.02. The lowest BCUT2D eigenvalue weighted by atomic mass is 10.0. The van der Waals surface area contributed by atoms with Crippen molar-refractivity contribution in [2.45, 2.75) is 43.9 Å². The minimum atomic E-state index is -4.58. The van der Waals surface area contributed by atoms with Gasteiger partial charge in [-0.25, -0.2) is 0 Å². The van der Waals surface area contributed by atoms with E-state index in [0.717, 1.165) is 43.4 Å². The van der Waals surface area contributed by atoms with Gasteiger partial charge in [0, 0.05) is 11.7 Å². The Hall–Kier alpha value is -2.05. The molecule has 3 nitrogen and oxygen atoms in total. The van der Waals surface area contributed by atoms with Crippen LogP contribution in [0.25, 0.3) is 0 Å². The number of alkyl halides is 3. The van der Waals surface area contributed by atoms with Crippen molar-refractivity contribution in [2.75, 3.05) is 5.32 Å². The van der Waals surface area contributed by atoms with Crippen molar-refractivity contribution in [2.24, 2.45) is 0 Å². The van der Waals surface area contributed by atoms with Gasteiger partial charge in [0.15, 0.2) is 0 Å². The maximum atomic E-state index is 13.1. The fraction of sp³-hybridized carbons (Fsp3) is 0.350. The monoisotopic (exact) mass is 396 g/mol. The van der Waals surface area contributed by atoms with E-state index < -0.39 is 28.7 Å². The molecule has 0 radical (unpaired) electrons. The molecule has 0 bridgehead atoms. The van der Waals surface area contributed by atoms with Gasteiger partial charge in [-0.15, -0.1) is 0 Å². The minimum absolute atomic E-state index is 0.0610. The zero-order valence-electron chi connectivity index (χ0n) is 14.5. The molecule has 1 saturated carbocycles. The van der Waals surface area contributed by atoms with Crippen LogP contribution in [-0.4, -0.2) is 11.9 Å². The van der Waals surface area contributed by atoms with E-state index in [1.54, 1.807) is 0 Å². The van der Waals surface area contributed by atoms with Gasteiger partial charge in [0.1, 0.15) is 6.04 Å². The summed E-state index contributed by atoms with van der Waals surface area (Å²) in [5, 5.41) is 5.54. The van der Waals surface area contributed by atoms with Crippen LogP contribution in [0.1, 0.15) is 42.9 Å². The van der Waals surface area contributed by atoms with Gasteiger partial charge in [-0.3, -0.25) is 10.1 Å². The van der Waals surface area contributed by atoms with E-state index in [4.69, 9.17) is 11.6 Å². The molecule has 0 saturated heterocycles. The number of benzene rings is 2. The number of anilines is 1. The summed E-state index contributed by atoms with van der Waals surface area (Å²) in [7, 11) is 0. The second-order valence-corrected chi connectivity index (χ2v) is 7.08. The summed E-state index contributed by atoms with van der Waals surface area (Å²) >= 11 is 5.64. The lowest BCUT2D eigenvalue weighted by Gasteiger charge is -2.23. The Morgan fingerprint density at radius 1 is 1.07 bits per heavy atom. The first-order valence-electron chi connectivity index (χ1n) is 8.83. The number of rotatable bonds is 5. The van der Waals surface area contributed by atoms with Gasteiger partial charge in [0.2, 0.25) is 5.91 Å². The first kappa shape index (κ1) is 19.7. The van der Waals surface area contributed by atoms with Crippen molar-refractivity contribution >= 4 is 23.2 Å². The molecule has 144 valence electrons. The van der Waals surface area contributed by atoms with Crippen LogP contribution in [0.3, 0.4) is 0 Å². The zero-order chi connectivity index (χ0) is 19.4. The van der Waals surface area contributed by atoms with Gasteiger partial charge in [-0.05, 0) is 36.6 Å². The van der Waals surface area contributed by atoms with Crippen molar-refractivity contribution in [3.63, 3.8) is 0 Å². The quantitative estimate of drug-likeness (QED) is 0.693. The third-order valence-electron chi connectivity index (χ3n) is 4.69. The molecule has 1 aliphatic carbocycles. The summed E-state index contributed by atoms with van der Waals surface area (Å²) < 4.78 is 39.2. The van der Waals surface area contributed by atoms with Crippen molar-refractivity contribution in [1.82, 2.24) is 5.32 Å². The molecule has 1 aliphatic rings. The number of carbonyl (C=O) groups is 1. The van der Waals surface area contributed by atoms with E-state index in [1.165, 1.54) is 6.07 Å². The molecule has 2 aromatic carbocycles. The van der Waals surface area contributed by atoms with E-state index in [0.29, 0.717) is 0 Å². The Morgan fingerprint density at radius 2 is 1.74 bits per heavy atom. The number of hydrogen-bond donors (Lipinski definition) is 2. The van der Waals surface area contributed by atoms with Crippen LogP contribution in [-0.2, 0) is 11.0 Å². The standard InChI is InChI=1S/C20H20ClF3N2O/c21-17-11-10-15(12-16(17)20(22,23)24)26-19(27)18(13-6-2-1-3-7-13)25-14-8-4-5-9-14/h1-3,6-7,10-12,14,18,25H,4-5,8-9H2,(H,26,27)/t18-/m0/s1. The normalized spacial score (nSPS) is 16.3. The van der Waals surface area contributed by atoms with Crippen LogP contribution in [0.2, 0.25) is 5.02 Å². The van der Waals surface area contributed by atoms with Crippen molar-refractivity contribution in [3.8, 4) is 0 Å². The highest BCUT2D eigenvalue weighted by Crippen LogP contribution is 2.36. The Bertz CT molecular complexity index is 790. The summed E-state index contributed by atoms with van der Waals surface area (Å²) in [6.45, 7) is 0. The van der Waals surface area contributed by atoms with Crippen LogP contribution < -0.4 is 10.6 Å². The van der Waals surface area contributed by atoms with Gasteiger partial charge in [-0.2, -0.15) is 13.2 Å². The van der Waals surface area contributed by atoms with Crippen molar-refractivity contribution < 1.29 is 18.0 Å². The second-order valence-electron chi connectivity index (χ2n) is 6.67. The lowest BCUT2D eigenvalue weighted by Crippen LogP contribution is -2.38. The summed E-state index contributed by atoms with van der Waals surface area (Å²) in [4.78, 5) is 12.9. The van der Waals surface area contributed by atoms with E-state index in [9.17, 15) is 18.0 Å². The smallest absolute Gasteiger partial charge is 0.324 e. The Labute approximate surface area is 160 Å². The molecule has 3 rings (SSSR count). The molecule has 1 amide bonds. The van der Waals surface area contributed by atoms with Crippen molar-refractivity contribution in [3.05, 3.63) is 64.7 Å². The molecule has 1 fully saturated rings. The topological polar surface area (TPSA) is 41.1 Å². The molecule has 1 atom stereocenters. The number of halogens is 4. The van der Waals surface area contributed by atoms with Crippen LogP contribution in [0.4, 0.5) is 18.9 Å². The van der Waals surface area contributed by atoms with Crippen LogP contribution in [0.15, 0.2) is 48.5 Å². The molecule has 0 heterocycles. The van der Waals surface area contributed by atoms with Crippen molar-refractivity contribution in [1.29, 1.82) is 0 Å². The summed E-state index contributed by atoms with van der Waals surface area (Å²) in [5.74, 6) is -0.399. The molecule has 0 unspecified atom stereocenters. The number of hydrogen-bond acceptors (Lipinski definition) is 2. The van der Waals surface area contributed by atoms with E-state index in [2.05, 4.69) is 10.6 Å². The molecule has 0 aromatic heterocycles. The Kier molecular flexibility index (Phi) is 6.07. The highest BCUT2D eigenvalue weighted by Gasteiger charge is 2.34. The average molecular weight is 397 g/mol. The third-order valence-corrected chi connectivity index (χ3v) is 5.02. The Balaban J connectivity index is 1.82. The van der Waals surface area contributed by atoms with Gasteiger partial charge in [0.25, 0.3) is 0 Å². The fourth-order valence-corrected chi connectivity index (χ4v) is 3.56. The highest BCUT2D eigenvalue weighted by atomic mass is 35.5. The molecule has 2 N–H and O–H groups in total. The molecule has 7 heteroatoms. The number of nitrogens with one attached hydrogen (secondary N) is 2. The fourth-order valence-electron chi connectivity index (χ4n) is 3.33. The molecule has 0 aliphatic heterocycles. The molecular weight excluding hydrogens is 377 g/mol. The summed E-state index contributed by atoms with van der Waals surface area (Å²) in [6.07, 6.45) is -0.413. The van der Waals surface area contributed by atoms with Gasteiger partial charge < -0.3 is 5.32 Å². The van der Waals surface area contributed by atoms with E-state index in [1.807, 2.05) is 30.3 Å². The predicted octanol–water partition coefficient (Wildman–Crippen LogP) is 5.57. The van der Waals surface area contributed by atoms with E-state index >= 15 is 0 Å². The lowest BCUT2D eigenvalue weighted by molar-refractivity contribution is -0.137. The van der Waals surface area contributed by atoms with Gasteiger partial charge in [0.05, 0.1) is 10.6 Å². The van der Waals surface area contributed by atoms with E-state index in [-0.39, 0.29) is 11.7 Å². The summed E-state index contributed by atoms with van der Waals surface area (Å²) in [5.41, 5.74) is -0.139. The maximum Gasteiger partial charge on any atom is 0.417 e. The first-order valence-corrected chi connectivity index (χ1v) is 9.21. The summed E-state index contributed by atoms with van der Waals surface area (Å²) in [6, 6.07) is 12.1. The number of amides is 1. The molecule has 2 aromatic rings. The molecule has 27 heavy (non-hydrogen) atoms. The minimum Gasteiger partial charge on any atom is -0.324 e. The first-order chi connectivity index (χ1) is 12.8. The Morgan fingerprint density at radius 3 is 2.37 bits per heavy atom. The second kappa shape index (κ2) is 8.31. The largest absolute Gasteiger partial charge is 0.417 e. The van der Waals surface area contributed by atoms with Gasteiger partial charge >= 0.3 is 6.18 Å². The predicted molar refractivity (Wildman–Crippen MR) is 99.7 cm³/mol. The molecule has 0 spiro atoms. The zero-order valence-corrected chi connectivity index (χ0v) is 15.3. The highest BCUT2D eigenvalue weighted by molar-refractivity contribution is 6.31. The van der Waals surface area contributed by atoms with Crippen LogP contribution in [0.5, 0.6) is 0 Å². The molecular formula is C20H20ClF3N2O. The SMILES string of the molecule is O=C(Nc1ccc(Cl)c(C(F)(F)F)c1)[C@@H](NC1CCCC1)c1ccccc1. The van der Waals surface area contributed by atoms with Crippen LogP contribution >= 0.6 is 11.6 Å². The average Bonchev–Trinajstić information content (AvgIpc) is 3.14. The van der Waals surface area contributed by atoms with Crippen LogP contribution in [0, 0.1) is 0 Å². The number of carbonyl (C=O) groups excluding carboxylic acids is 1. The van der Waals surface area contributed by atoms with Gasteiger partial charge in [-0.1, -0.05) is 54.8 Å². The maximum absolute atomic E-state index is 13.1.